The third kappa shape index (κ3) is 5.11. The summed E-state index contributed by atoms with van der Waals surface area (Å²) >= 11 is 0. The minimum Gasteiger partial charge on any atom is -0.456 e. The Hall–Kier alpha value is -7.43. The number of allylic oxidation sites excluding steroid dienone is 4. The fourth-order valence-electron chi connectivity index (χ4n) is 9.12. The molecule has 0 saturated carbocycles. The number of benzene rings is 9. The Bertz CT molecular complexity index is 3440. The highest BCUT2D eigenvalue weighted by atomic mass is 16.3. The number of nitrogens with zero attached hydrogens (tertiary/aromatic N) is 3. The topological polar surface area (TPSA) is 51.8 Å². The normalized spacial score (nSPS) is 14.5. The molecule has 1 atom stereocenters. The van der Waals surface area contributed by atoms with E-state index in [0.29, 0.717) is 17.5 Å². The van der Waals surface area contributed by atoms with Crippen molar-refractivity contribution < 1.29 is 4.42 Å². The Morgan fingerprint density at radius 2 is 1.18 bits per heavy atom. The largest absolute Gasteiger partial charge is 0.456 e. The summed E-state index contributed by atoms with van der Waals surface area (Å²) in [5.74, 6) is 2.11. The fourth-order valence-corrected chi connectivity index (χ4v) is 9.12. The first-order valence-electron chi connectivity index (χ1n) is 19.5. The first-order valence-corrected chi connectivity index (χ1v) is 19.5. The second-order valence-corrected chi connectivity index (χ2v) is 15.1. The van der Waals surface area contributed by atoms with E-state index in [9.17, 15) is 0 Å². The van der Waals surface area contributed by atoms with Crippen LogP contribution in [-0.4, -0.2) is 15.0 Å². The molecule has 2 aromatic heterocycles. The second kappa shape index (κ2) is 12.6. The molecule has 1 aliphatic rings. The van der Waals surface area contributed by atoms with Crippen molar-refractivity contribution in [2.45, 2.75) is 12.3 Å². The highest BCUT2D eigenvalue weighted by Crippen LogP contribution is 2.47. The van der Waals surface area contributed by atoms with Gasteiger partial charge in [0.15, 0.2) is 17.5 Å². The molecule has 0 amide bonds. The first-order chi connectivity index (χ1) is 28.2. The molecule has 0 spiro atoms. The average molecular weight is 728 g/mol. The van der Waals surface area contributed by atoms with E-state index in [1.165, 1.54) is 54.4 Å². The molecule has 0 bridgehead atoms. The summed E-state index contributed by atoms with van der Waals surface area (Å²) < 4.78 is 6.54. The van der Waals surface area contributed by atoms with Crippen LogP contribution in [-0.2, 0) is 0 Å². The van der Waals surface area contributed by atoms with Gasteiger partial charge in [-0.2, -0.15) is 0 Å². The third-order valence-electron chi connectivity index (χ3n) is 11.8. The van der Waals surface area contributed by atoms with Crippen LogP contribution in [0.3, 0.4) is 0 Å². The molecule has 4 nitrogen and oxygen atoms in total. The lowest BCUT2D eigenvalue weighted by Crippen LogP contribution is -2.07. The summed E-state index contributed by atoms with van der Waals surface area (Å²) in [5.41, 5.74) is 8.54. The van der Waals surface area contributed by atoms with Crippen molar-refractivity contribution in [3.05, 3.63) is 193 Å². The zero-order valence-electron chi connectivity index (χ0n) is 30.9. The van der Waals surface area contributed by atoms with E-state index in [-0.39, 0.29) is 5.92 Å². The lowest BCUT2D eigenvalue weighted by atomic mass is 9.82. The van der Waals surface area contributed by atoms with Gasteiger partial charge in [0.25, 0.3) is 0 Å². The number of hydrogen-bond donors (Lipinski definition) is 0. The summed E-state index contributed by atoms with van der Waals surface area (Å²) in [5, 5.41) is 11.9. The minimum absolute atomic E-state index is 0.0785. The van der Waals surface area contributed by atoms with Crippen LogP contribution in [0.1, 0.15) is 23.7 Å². The molecule has 0 radical (unpaired) electrons. The zero-order valence-corrected chi connectivity index (χ0v) is 30.9. The summed E-state index contributed by atoms with van der Waals surface area (Å²) in [6, 6.07) is 58.1. The first kappa shape index (κ1) is 31.9. The minimum atomic E-state index is 0.0785. The van der Waals surface area contributed by atoms with Crippen molar-refractivity contribution in [3.8, 4) is 33.9 Å². The standard InChI is InChI=1S/C53H33N3O/c1-2-11-32(12-3-1)36-25-26-42-43-20-10-22-46-49(43)50-47(57-46)28-27-41(48(50)45(42)31-36)37-17-8-18-38(30-37)51-54-52(39-24-23-33-13-4-5-15-35(33)29-39)56-53(55-51)44-21-9-16-34-14-6-7-19-40(34)44/h1-29,31,37H,30H2. The number of fused-ring (bicyclic) bond motifs is 5. The van der Waals surface area contributed by atoms with Crippen molar-refractivity contribution in [2.75, 3.05) is 0 Å². The summed E-state index contributed by atoms with van der Waals surface area (Å²) in [6.07, 6.45) is 7.43. The maximum atomic E-state index is 6.54. The summed E-state index contributed by atoms with van der Waals surface area (Å²) in [6.45, 7) is 0. The molecule has 266 valence electrons. The Morgan fingerprint density at radius 3 is 2.11 bits per heavy atom. The van der Waals surface area contributed by atoms with Crippen LogP contribution in [0.2, 0.25) is 0 Å². The van der Waals surface area contributed by atoms with E-state index in [2.05, 4.69) is 182 Å². The number of furan rings is 1. The lowest BCUT2D eigenvalue weighted by Gasteiger charge is -2.22. The fraction of sp³-hybridized carbons (Fsp3) is 0.0377. The quantitative estimate of drug-likeness (QED) is 0.166. The van der Waals surface area contributed by atoms with Crippen molar-refractivity contribution in [2.24, 2.45) is 0 Å². The average Bonchev–Trinajstić information content (AvgIpc) is 3.67. The SMILES string of the molecule is C1=CC(c2ccc3oc4cccc5c6ccc(-c7ccccc7)cc6c2c3c45)CC(c2nc(-c3ccc4ccccc4c3)nc(-c3cccc4ccccc34)n2)=C1. The molecule has 4 heteroatoms. The highest BCUT2D eigenvalue weighted by molar-refractivity contribution is 6.34. The van der Waals surface area contributed by atoms with Crippen molar-refractivity contribution in [1.29, 1.82) is 0 Å². The van der Waals surface area contributed by atoms with Gasteiger partial charge in [-0.05, 0) is 96.0 Å². The summed E-state index contributed by atoms with van der Waals surface area (Å²) in [4.78, 5) is 15.7. The van der Waals surface area contributed by atoms with E-state index < -0.39 is 0 Å². The molecule has 0 N–H and O–H groups in total. The lowest BCUT2D eigenvalue weighted by molar-refractivity contribution is 0.669. The molecule has 12 rings (SSSR count). The number of rotatable bonds is 5. The predicted molar refractivity (Wildman–Crippen MR) is 236 cm³/mol. The maximum Gasteiger partial charge on any atom is 0.164 e. The molecule has 0 saturated heterocycles. The molecule has 57 heavy (non-hydrogen) atoms. The van der Waals surface area contributed by atoms with E-state index in [1.807, 2.05) is 0 Å². The van der Waals surface area contributed by atoms with Gasteiger partial charge < -0.3 is 4.42 Å². The van der Waals surface area contributed by atoms with E-state index in [0.717, 1.165) is 50.4 Å². The molecule has 0 fully saturated rings. The van der Waals surface area contributed by atoms with E-state index in [4.69, 9.17) is 19.4 Å². The van der Waals surface area contributed by atoms with E-state index in [1.54, 1.807) is 0 Å². The molecule has 0 aliphatic heterocycles. The van der Waals surface area contributed by atoms with Gasteiger partial charge in [0.05, 0.1) is 0 Å². The van der Waals surface area contributed by atoms with Gasteiger partial charge in [0.2, 0.25) is 0 Å². The van der Waals surface area contributed by atoms with Crippen molar-refractivity contribution in [3.63, 3.8) is 0 Å². The van der Waals surface area contributed by atoms with Gasteiger partial charge in [-0.15, -0.1) is 0 Å². The maximum absolute atomic E-state index is 6.54. The number of aromatic nitrogens is 3. The highest BCUT2D eigenvalue weighted by Gasteiger charge is 2.25. The van der Waals surface area contributed by atoms with Crippen LogP contribution in [0.5, 0.6) is 0 Å². The Labute approximate surface area is 328 Å². The molecular formula is C53H33N3O. The van der Waals surface area contributed by atoms with Crippen molar-refractivity contribution in [1.82, 2.24) is 15.0 Å². The molecule has 1 aliphatic carbocycles. The van der Waals surface area contributed by atoms with Crippen LogP contribution >= 0.6 is 0 Å². The van der Waals surface area contributed by atoms with Gasteiger partial charge in [-0.1, -0.05) is 158 Å². The molecule has 11 aromatic rings. The zero-order chi connectivity index (χ0) is 37.5. The Kier molecular flexibility index (Phi) is 7.02. The van der Waals surface area contributed by atoms with Gasteiger partial charge >= 0.3 is 0 Å². The second-order valence-electron chi connectivity index (χ2n) is 15.1. The van der Waals surface area contributed by atoms with Crippen LogP contribution in [0, 0.1) is 0 Å². The van der Waals surface area contributed by atoms with Crippen LogP contribution in [0.4, 0.5) is 0 Å². The van der Waals surface area contributed by atoms with Gasteiger partial charge in [0.1, 0.15) is 11.2 Å². The molecule has 2 heterocycles. The van der Waals surface area contributed by atoms with Crippen LogP contribution in [0.25, 0.3) is 105 Å². The van der Waals surface area contributed by atoms with Crippen LogP contribution < -0.4 is 0 Å². The van der Waals surface area contributed by atoms with Gasteiger partial charge in [-0.3, -0.25) is 0 Å². The molecule has 1 unspecified atom stereocenters. The molecule has 9 aromatic carbocycles. The Morgan fingerprint density at radius 1 is 0.439 bits per heavy atom. The van der Waals surface area contributed by atoms with Crippen molar-refractivity contribution >= 4 is 70.6 Å². The predicted octanol–water partition coefficient (Wildman–Crippen LogP) is 13.9. The third-order valence-corrected chi connectivity index (χ3v) is 11.8. The molecular weight excluding hydrogens is 695 g/mol. The van der Waals surface area contributed by atoms with Crippen LogP contribution in [0.15, 0.2) is 186 Å². The number of hydrogen-bond acceptors (Lipinski definition) is 4. The van der Waals surface area contributed by atoms with Gasteiger partial charge in [0, 0.05) is 27.8 Å². The van der Waals surface area contributed by atoms with Gasteiger partial charge in [-0.25, -0.2) is 15.0 Å². The summed E-state index contributed by atoms with van der Waals surface area (Å²) in [7, 11) is 0. The van der Waals surface area contributed by atoms with E-state index >= 15 is 0 Å². The Balaban J connectivity index is 1.04. The monoisotopic (exact) mass is 727 g/mol. The smallest absolute Gasteiger partial charge is 0.164 e.